The van der Waals surface area contributed by atoms with Gasteiger partial charge in [-0.25, -0.2) is 9.37 Å². The molecule has 0 bridgehead atoms. The first-order valence-corrected chi connectivity index (χ1v) is 15.1. The SMILES string of the molecule is C=CC(=O)N1CCN2C(=O)c3c(N4CC(N5CCN(C)CC5)CC4(C)C)nc(-c4c(O)cccc4F)c(Cl)c3OC[C@H]2C1. The van der Waals surface area contributed by atoms with Crippen LogP contribution in [0.5, 0.6) is 11.5 Å². The van der Waals surface area contributed by atoms with Gasteiger partial charge in [-0.3, -0.25) is 14.5 Å². The normalized spacial score (nSPS) is 24.3. The minimum absolute atomic E-state index is 0.0148. The molecule has 0 saturated carbocycles. The quantitative estimate of drug-likeness (QED) is 0.527. The van der Waals surface area contributed by atoms with Crippen LogP contribution >= 0.6 is 11.6 Å². The number of fused-ring (bicyclic) bond motifs is 2. The smallest absolute Gasteiger partial charge is 0.261 e. The number of carbonyl (C=O) groups is 2. The summed E-state index contributed by atoms with van der Waals surface area (Å²) in [5, 5.41) is 10.7. The molecule has 12 heteroatoms. The van der Waals surface area contributed by atoms with Crippen molar-refractivity contribution < 1.29 is 23.8 Å². The highest BCUT2D eigenvalue weighted by molar-refractivity contribution is 6.35. The van der Waals surface area contributed by atoms with Gasteiger partial charge < -0.3 is 29.4 Å². The van der Waals surface area contributed by atoms with E-state index in [9.17, 15) is 14.7 Å². The number of hydrogen-bond acceptors (Lipinski definition) is 8. The van der Waals surface area contributed by atoms with Gasteiger partial charge in [-0.15, -0.1) is 0 Å². The maximum Gasteiger partial charge on any atom is 0.261 e. The summed E-state index contributed by atoms with van der Waals surface area (Å²) in [5.74, 6) is -1.03. The second-order valence-corrected chi connectivity index (χ2v) is 12.9. The molecule has 1 unspecified atom stereocenters. The van der Waals surface area contributed by atoms with Gasteiger partial charge in [0.05, 0.1) is 11.6 Å². The third-order valence-corrected chi connectivity index (χ3v) is 9.69. The average molecular weight is 613 g/mol. The lowest BCUT2D eigenvalue weighted by molar-refractivity contribution is -0.128. The molecule has 2 atom stereocenters. The van der Waals surface area contributed by atoms with E-state index < -0.39 is 17.4 Å². The second-order valence-electron chi connectivity index (χ2n) is 12.5. The van der Waals surface area contributed by atoms with Crippen molar-refractivity contribution in [3.05, 3.63) is 47.3 Å². The Kier molecular flexibility index (Phi) is 7.76. The van der Waals surface area contributed by atoms with Crippen molar-refractivity contribution in [2.24, 2.45) is 0 Å². The van der Waals surface area contributed by atoms with Gasteiger partial charge in [-0.2, -0.15) is 0 Å². The van der Waals surface area contributed by atoms with E-state index in [0.717, 1.165) is 32.6 Å². The molecule has 0 spiro atoms. The molecule has 4 aliphatic rings. The summed E-state index contributed by atoms with van der Waals surface area (Å²) in [4.78, 5) is 42.0. The predicted octanol–water partition coefficient (Wildman–Crippen LogP) is 3.08. The van der Waals surface area contributed by atoms with Crippen LogP contribution in [-0.4, -0.2) is 125 Å². The molecular formula is C31H38ClFN6O4. The van der Waals surface area contributed by atoms with Crippen LogP contribution in [0.3, 0.4) is 0 Å². The van der Waals surface area contributed by atoms with Gasteiger partial charge in [0.15, 0.2) is 5.75 Å². The molecule has 0 radical (unpaired) electrons. The molecule has 2 aromatic rings. The summed E-state index contributed by atoms with van der Waals surface area (Å²) >= 11 is 6.91. The highest BCUT2D eigenvalue weighted by Gasteiger charge is 2.47. The Morgan fingerprint density at radius 3 is 2.58 bits per heavy atom. The van der Waals surface area contributed by atoms with Gasteiger partial charge in [-0.1, -0.05) is 24.2 Å². The van der Waals surface area contributed by atoms with Gasteiger partial charge >= 0.3 is 0 Å². The molecule has 6 rings (SSSR count). The lowest BCUT2D eigenvalue weighted by atomic mass is 9.98. The third-order valence-electron chi connectivity index (χ3n) is 9.34. The number of nitrogens with zero attached hydrogens (tertiary/aromatic N) is 6. The molecule has 43 heavy (non-hydrogen) atoms. The van der Waals surface area contributed by atoms with Crippen molar-refractivity contribution in [3.8, 4) is 22.8 Å². The molecular weight excluding hydrogens is 575 g/mol. The maximum atomic E-state index is 15.3. The molecule has 5 heterocycles. The molecule has 1 aromatic carbocycles. The zero-order chi connectivity index (χ0) is 30.6. The number of anilines is 1. The molecule has 3 saturated heterocycles. The number of ether oxygens (including phenoxy) is 1. The molecule has 3 fully saturated rings. The van der Waals surface area contributed by atoms with E-state index in [-0.39, 0.29) is 64.4 Å². The fraction of sp³-hybridized carbons (Fsp3) is 0.516. The third kappa shape index (κ3) is 5.21. The van der Waals surface area contributed by atoms with E-state index in [1.165, 1.54) is 24.3 Å². The van der Waals surface area contributed by atoms with E-state index in [4.69, 9.17) is 21.3 Å². The first kappa shape index (κ1) is 29.7. The second kappa shape index (κ2) is 11.3. The maximum absolute atomic E-state index is 15.3. The van der Waals surface area contributed by atoms with Crippen molar-refractivity contribution in [1.82, 2.24) is 24.6 Å². The minimum Gasteiger partial charge on any atom is -0.507 e. The lowest BCUT2D eigenvalue weighted by Gasteiger charge is -2.40. The van der Waals surface area contributed by atoms with Gasteiger partial charge in [0.25, 0.3) is 5.91 Å². The van der Waals surface area contributed by atoms with Crippen LogP contribution in [-0.2, 0) is 4.79 Å². The summed E-state index contributed by atoms with van der Waals surface area (Å²) in [6.07, 6.45) is 2.11. The first-order valence-electron chi connectivity index (χ1n) is 14.8. The number of benzene rings is 1. The van der Waals surface area contributed by atoms with Crippen molar-refractivity contribution >= 4 is 29.2 Å². The van der Waals surface area contributed by atoms with Crippen molar-refractivity contribution in [3.63, 3.8) is 0 Å². The number of carbonyl (C=O) groups excluding carboxylic acids is 2. The van der Waals surface area contributed by atoms with Gasteiger partial charge in [-0.05, 0) is 45.5 Å². The van der Waals surface area contributed by atoms with Crippen LogP contribution < -0.4 is 9.64 Å². The van der Waals surface area contributed by atoms with Gasteiger partial charge in [0, 0.05) is 63.9 Å². The number of pyridine rings is 1. The number of phenols is 1. The Balaban J connectivity index is 1.47. The number of amides is 2. The largest absolute Gasteiger partial charge is 0.507 e. The summed E-state index contributed by atoms with van der Waals surface area (Å²) in [6, 6.07) is 3.83. The molecule has 2 amide bonds. The zero-order valence-electron chi connectivity index (χ0n) is 24.9. The Morgan fingerprint density at radius 1 is 1.14 bits per heavy atom. The number of rotatable bonds is 4. The van der Waals surface area contributed by atoms with E-state index in [0.29, 0.717) is 25.5 Å². The number of piperazine rings is 2. The molecule has 10 nitrogen and oxygen atoms in total. The first-order chi connectivity index (χ1) is 20.5. The predicted molar refractivity (Wildman–Crippen MR) is 162 cm³/mol. The number of aromatic hydroxyl groups is 1. The van der Waals surface area contributed by atoms with Crippen molar-refractivity contribution in [2.45, 2.75) is 37.9 Å². The van der Waals surface area contributed by atoms with Crippen LogP contribution in [0.25, 0.3) is 11.3 Å². The van der Waals surface area contributed by atoms with Crippen LogP contribution in [0.15, 0.2) is 30.9 Å². The number of aromatic nitrogens is 1. The van der Waals surface area contributed by atoms with Crippen LogP contribution in [0, 0.1) is 5.82 Å². The summed E-state index contributed by atoms with van der Waals surface area (Å²) in [5.41, 5.74) is -0.313. The lowest BCUT2D eigenvalue weighted by Crippen LogP contribution is -2.57. The summed E-state index contributed by atoms with van der Waals surface area (Å²) in [7, 11) is 2.13. The average Bonchev–Trinajstić information content (AvgIpc) is 3.22. The minimum atomic E-state index is -0.688. The van der Waals surface area contributed by atoms with Crippen molar-refractivity contribution in [1.29, 1.82) is 0 Å². The fourth-order valence-corrected chi connectivity index (χ4v) is 7.18. The van der Waals surface area contributed by atoms with E-state index >= 15 is 4.39 Å². The van der Waals surface area contributed by atoms with Crippen LogP contribution in [0.2, 0.25) is 5.02 Å². The monoisotopic (exact) mass is 612 g/mol. The molecule has 1 aromatic heterocycles. The van der Waals surface area contributed by atoms with E-state index in [1.54, 1.807) is 9.80 Å². The topological polar surface area (TPSA) is 92.7 Å². The highest BCUT2D eigenvalue weighted by Crippen LogP contribution is 2.48. The molecule has 4 aliphatic heterocycles. The van der Waals surface area contributed by atoms with Crippen molar-refractivity contribution in [2.75, 3.05) is 70.9 Å². The molecule has 0 aliphatic carbocycles. The standard InChI is InChI=1S/C31H38ClFN6O4/c1-5-23(41)37-13-14-38-20(16-37)18-43-28-25(30(38)42)29(34-27(26(28)32)24-21(33)7-6-8-22(24)40)39-17-19(15-31(39,2)3)36-11-9-35(4)10-12-36/h5-8,19-20,40H,1,9-18H2,2-4H3/t19?,20-/m1/s1. The van der Waals surface area contributed by atoms with E-state index in [2.05, 4.69) is 42.2 Å². The Bertz CT molecular complexity index is 1440. The van der Waals surface area contributed by atoms with Gasteiger partial charge in [0.2, 0.25) is 5.91 Å². The summed E-state index contributed by atoms with van der Waals surface area (Å²) in [6.45, 7) is 13.3. The van der Waals surface area contributed by atoms with Crippen LogP contribution in [0.4, 0.5) is 10.2 Å². The molecule has 1 N–H and O–H groups in total. The zero-order valence-corrected chi connectivity index (χ0v) is 25.6. The fourth-order valence-electron chi connectivity index (χ4n) is 6.90. The van der Waals surface area contributed by atoms with Gasteiger partial charge in [0.1, 0.15) is 40.3 Å². The number of phenolic OH excluding ortho intramolecular Hbond substituents is 1. The highest BCUT2D eigenvalue weighted by atomic mass is 35.5. The summed E-state index contributed by atoms with van der Waals surface area (Å²) < 4.78 is 21.6. The number of hydrogen-bond donors (Lipinski definition) is 1. The molecule has 230 valence electrons. The number of halogens is 2. The Morgan fingerprint density at radius 2 is 1.88 bits per heavy atom. The Labute approximate surface area is 256 Å². The van der Waals surface area contributed by atoms with Crippen LogP contribution in [0.1, 0.15) is 30.6 Å². The van der Waals surface area contributed by atoms with E-state index in [1.807, 2.05) is 0 Å². The number of likely N-dealkylation sites (N-methyl/N-ethyl adjacent to an activating group) is 1. The Hall–Kier alpha value is -3.41.